The van der Waals surface area contributed by atoms with Gasteiger partial charge in [0.1, 0.15) is 5.56 Å². The number of carbonyl (C=O) groups excluding carboxylic acids is 1. The quantitative estimate of drug-likeness (QED) is 0.345. The van der Waals surface area contributed by atoms with Crippen LogP contribution in [0.15, 0.2) is 42.5 Å². The first-order chi connectivity index (χ1) is 20.2. The first-order valence-electron chi connectivity index (χ1n) is 13.5. The van der Waals surface area contributed by atoms with Crippen molar-refractivity contribution in [3.8, 4) is 17.1 Å². The lowest BCUT2D eigenvalue weighted by atomic mass is 9.99. The molecular weight excluding hydrogens is 598 g/mol. The Morgan fingerprint density at radius 3 is 2.21 bits per heavy atom. The summed E-state index contributed by atoms with van der Waals surface area (Å²) in [5.41, 5.74) is -1.66. The number of aromatic nitrogens is 2. The van der Waals surface area contributed by atoms with Gasteiger partial charge in [-0.05, 0) is 36.2 Å². The van der Waals surface area contributed by atoms with Gasteiger partial charge in [0.2, 0.25) is 11.8 Å². The second-order valence-corrected chi connectivity index (χ2v) is 12.4. The Morgan fingerprint density at radius 2 is 1.60 bits per heavy atom. The van der Waals surface area contributed by atoms with E-state index in [4.69, 9.17) is 9.72 Å². The van der Waals surface area contributed by atoms with Crippen LogP contribution in [-0.4, -0.2) is 62.7 Å². The number of alkyl halides is 6. The lowest BCUT2D eigenvalue weighted by Gasteiger charge is -2.32. The number of ether oxygens (including phenoxy) is 1. The van der Waals surface area contributed by atoms with Gasteiger partial charge in [-0.3, -0.25) is 9.00 Å². The number of fused-ring (bicyclic) bond motifs is 1. The van der Waals surface area contributed by atoms with Crippen LogP contribution < -0.4 is 9.64 Å². The topological polar surface area (TPSA) is 75.6 Å². The molecule has 0 saturated carbocycles. The molecule has 0 unspecified atom stereocenters. The minimum Gasteiger partial charge on any atom is -0.477 e. The van der Waals surface area contributed by atoms with Gasteiger partial charge in [0.15, 0.2) is 0 Å². The van der Waals surface area contributed by atoms with Gasteiger partial charge in [-0.2, -0.15) is 31.3 Å². The van der Waals surface area contributed by atoms with Crippen molar-refractivity contribution in [2.75, 3.05) is 42.6 Å². The number of hydrogen-bond donors (Lipinski definition) is 0. The van der Waals surface area contributed by atoms with Crippen molar-refractivity contribution in [3.05, 3.63) is 70.3 Å². The zero-order valence-electron chi connectivity index (χ0n) is 23.3. The minimum atomic E-state index is -5.02. The Morgan fingerprint density at radius 1 is 0.977 bits per heavy atom. The molecule has 2 aromatic carbocycles. The molecular formula is C29H28F6N4O3S. The smallest absolute Gasteiger partial charge is 0.416 e. The first kappa shape index (κ1) is 30.8. The third kappa shape index (κ3) is 6.78. The van der Waals surface area contributed by atoms with E-state index in [0.29, 0.717) is 42.3 Å². The summed E-state index contributed by atoms with van der Waals surface area (Å²) in [6, 6.07) is 8.47. The van der Waals surface area contributed by atoms with Crippen LogP contribution in [0.25, 0.3) is 11.3 Å². The second kappa shape index (κ2) is 11.8. The molecule has 3 heterocycles. The van der Waals surface area contributed by atoms with E-state index in [2.05, 4.69) is 4.98 Å². The fraction of sp³-hybridized carbons (Fsp3) is 0.414. The summed E-state index contributed by atoms with van der Waals surface area (Å²) in [6.45, 7) is 4.00. The number of amides is 1. The second-order valence-electron chi connectivity index (χ2n) is 10.7. The Hall–Kier alpha value is -3.68. The van der Waals surface area contributed by atoms with Crippen molar-refractivity contribution in [2.24, 2.45) is 5.92 Å². The first-order valence-corrected chi connectivity index (χ1v) is 15.0. The van der Waals surface area contributed by atoms with Crippen molar-refractivity contribution in [2.45, 2.75) is 32.7 Å². The van der Waals surface area contributed by atoms with E-state index >= 15 is 0 Å². The molecule has 1 amide bonds. The van der Waals surface area contributed by atoms with E-state index in [-0.39, 0.29) is 53.8 Å². The number of benzene rings is 2. The highest BCUT2D eigenvalue weighted by Crippen LogP contribution is 2.38. The number of carbonyl (C=O) groups is 1. The fourth-order valence-corrected chi connectivity index (χ4v) is 6.15. The van der Waals surface area contributed by atoms with Gasteiger partial charge in [-0.1, -0.05) is 31.2 Å². The van der Waals surface area contributed by atoms with E-state index in [0.717, 1.165) is 5.56 Å². The molecule has 5 rings (SSSR count). The highest BCUT2D eigenvalue weighted by molar-refractivity contribution is 7.85. The molecule has 14 heteroatoms. The number of hydrogen-bond acceptors (Lipinski definition) is 6. The number of anilines is 1. The average Bonchev–Trinajstić information content (AvgIpc) is 2.94. The van der Waals surface area contributed by atoms with Gasteiger partial charge >= 0.3 is 12.4 Å². The number of nitrogens with zero attached hydrogens (tertiary/aromatic N) is 4. The van der Waals surface area contributed by atoms with Gasteiger partial charge in [0.25, 0.3) is 5.91 Å². The monoisotopic (exact) mass is 626 g/mol. The Balaban J connectivity index is 1.63. The summed E-state index contributed by atoms with van der Waals surface area (Å²) in [6.07, 6.45) is -10.0. The molecule has 230 valence electrons. The zero-order valence-corrected chi connectivity index (χ0v) is 24.1. The molecule has 0 bridgehead atoms. The lowest BCUT2D eigenvalue weighted by Crippen LogP contribution is -2.40. The van der Waals surface area contributed by atoms with Crippen LogP contribution in [0.5, 0.6) is 5.88 Å². The van der Waals surface area contributed by atoms with Crippen molar-refractivity contribution < 1.29 is 40.1 Å². The van der Waals surface area contributed by atoms with Crippen LogP contribution in [0, 0.1) is 12.8 Å². The van der Waals surface area contributed by atoms with E-state index in [1.54, 1.807) is 19.1 Å². The highest BCUT2D eigenvalue weighted by atomic mass is 32.2. The summed E-state index contributed by atoms with van der Waals surface area (Å²) in [5.74, 6) is 0.0637. The third-order valence-corrected chi connectivity index (χ3v) is 8.56. The Kier molecular flexibility index (Phi) is 8.43. The molecule has 1 aromatic heterocycles. The van der Waals surface area contributed by atoms with Crippen LogP contribution in [0.1, 0.15) is 39.5 Å². The molecule has 0 aliphatic carbocycles. The molecule has 2 aliphatic heterocycles. The van der Waals surface area contributed by atoms with E-state index in [1.807, 2.05) is 24.0 Å². The third-order valence-electron chi connectivity index (χ3n) is 7.28. The maximum absolute atomic E-state index is 14.2. The van der Waals surface area contributed by atoms with Crippen LogP contribution >= 0.6 is 0 Å². The van der Waals surface area contributed by atoms with Crippen LogP contribution in [0.4, 0.5) is 32.3 Å². The van der Waals surface area contributed by atoms with Gasteiger partial charge in [-0.25, -0.2) is 4.98 Å². The van der Waals surface area contributed by atoms with Crippen molar-refractivity contribution in [1.82, 2.24) is 14.9 Å². The molecule has 2 aliphatic rings. The van der Waals surface area contributed by atoms with E-state index in [9.17, 15) is 35.3 Å². The summed E-state index contributed by atoms with van der Waals surface area (Å²) in [5, 5.41) is 0. The molecule has 1 fully saturated rings. The van der Waals surface area contributed by atoms with Crippen molar-refractivity contribution in [1.29, 1.82) is 0 Å². The van der Waals surface area contributed by atoms with Crippen LogP contribution in [0.3, 0.4) is 0 Å². The van der Waals surface area contributed by atoms with Gasteiger partial charge < -0.3 is 14.5 Å². The summed E-state index contributed by atoms with van der Waals surface area (Å²) < 4.78 is 99.3. The molecule has 1 saturated heterocycles. The minimum absolute atomic E-state index is 0.00275. The summed E-state index contributed by atoms with van der Waals surface area (Å²) in [4.78, 5) is 26.6. The normalized spacial score (nSPS) is 18.6. The molecule has 43 heavy (non-hydrogen) atoms. The van der Waals surface area contributed by atoms with Crippen LogP contribution in [0.2, 0.25) is 0 Å². The molecule has 3 aromatic rings. The molecule has 0 N–H and O–H groups in total. The maximum Gasteiger partial charge on any atom is 0.416 e. The lowest BCUT2D eigenvalue weighted by molar-refractivity contribution is -0.143. The van der Waals surface area contributed by atoms with Crippen molar-refractivity contribution >= 4 is 22.7 Å². The number of aryl methyl sites for hydroxylation is 1. The standard InChI is InChI=1S/C29H28F6N4O3S/c1-17-14-39(15-19-11-20(28(30,31)32)13-21(12-19)29(33,34)35)26(40)23-24(22-6-4-3-5-18(22)2)36-27(37-25(23)42-16-17)38-7-9-43(41)10-8-38/h3-6,11-13,17H,7-10,14-16H2,1-2H3/t17-/m1/s1. The highest BCUT2D eigenvalue weighted by Gasteiger charge is 2.38. The summed E-state index contributed by atoms with van der Waals surface area (Å²) >= 11 is 0. The van der Waals surface area contributed by atoms with E-state index < -0.39 is 46.7 Å². The molecule has 0 radical (unpaired) electrons. The zero-order chi connectivity index (χ0) is 31.1. The molecule has 7 nitrogen and oxygen atoms in total. The van der Waals surface area contributed by atoms with Gasteiger partial charge in [-0.15, -0.1) is 0 Å². The Labute approximate surface area is 246 Å². The summed E-state index contributed by atoms with van der Waals surface area (Å²) in [7, 11) is -0.966. The SMILES string of the molecule is Cc1ccccc1-c1nc(N2CCS(=O)CC2)nc2c1C(=O)N(Cc1cc(C(F)(F)F)cc(C(F)(F)F)c1)C[C@@H](C)CO2. The van der Waals surface area contributed by atoms with Crippen LogP contribution in [-0.2, 0) is 29.7 Å². The predicted octanol–water partition coefficient (Wildman–Crippen LogP) is 5.73. The molecule has 0 spiro atoms. The predicted molar refractivity (Wildman–Crippen MR) is 148 cm³/mol. The number of halogens is 6. The van der Waals surface area contributed by atoms with E-state index in [1.165, 1.54) is 4.90 Å². The average molecular weight is 627 g/mol. The number of rotatable bonds is 4. The van der Waals surface area contributed by atoms with Crippen molar-refractivity contribution in [3.63, 3.8) is 0 Å². The fourth-order valence-electron chi connectivity index (χ4n) is 5.10. The van der Waals surface area contributed by atoms with Gasteiger partial charge in [0.05, 0.1) is 23.4 Å². The van der Waals surface area contributed by atoms with Gasteiger partial charge in [0, 0.05) is 60.0 Å². The maximum atomic E-state index is 14.2. The Bertz CT molecular complexity index is 1520. The largest absolute Gasteiger partial charge is 0.477 e. The molecule has 1 atom stereocenters.